The van der Waals surface area contributed by atoms with Crippen LogP contribution in [-0.4, -0.2) is 22.6 Å². The molecule has 3 rings (SSSR count). The molecule has 1 saturated heterocycles. The summed E-state index contributed by atoms with van der Waals surface area (Å²) in [4.78, 5) is 2.71. The molecule has 1 aromatic rings. The van der Waals surface area contributed by atoms with E-state index in [1.54, 1.807) is 0 Å². The first-order valence-corrected chi connectivity index (χ1v) is 8.35. The van der Waals surface area contributed by atoms with Gasteiger partial charge >= 0.3 is 0 Å². The van der Waals surface area contributed by atoms with E-state index in [4.69, 9.17) is 0 Å². The van der Waals surface area contributed by atoms with Crippen LogP contribution in [0.15, 0.2) is 24.3 Å². The Morgan fingerprint density at radius 3 is 2.70 bits per heavy atom. The number of likely N-dealkylation sites (tertiary alicyclic amines) is 1. The molecule has 0 radical (unpaired) electrons. The van der Waals surface area contributed by atoms with E-state index in [2.05, 4.69) is 24.0 Å². The monoisotopic (exact) mass is 273 g/mol. The maximum Gasteiger partial charge on any atom is 0.120 e. The minimum atomic E-state index is 0.391. The van der Waals surface area contributed by atoms with Crippen molar-refractivity contribution in [3.05, 3.63) is 29.8 Å². The molecule has 2 nitrogen and oxygen atoms in total. The Labute approximate surface area is 122 Å². The lowest BCUT2D eigenvalue weighted by Gasteiger charge is -2.47. The van der Waals surface area contributed by atoms with Crippen molar-refractivity contribution in [1.82, 2.24) is 4.90 Å². The molecule has 1 aliphatic carbocycles. The fraction of sp³-hybridized carbons (Fsp3) is 0.667. The molecule has 2 fully saturated rings. The minimum absolute atomic E-state index is 0.391. The number of para-hydroxylation sites is 1. The summed E-state index contributed by atoms with van der Waals surface area (Å²) in [5.41, 5.74) is 1.13. The Kier molecular flexibility index (Phi) is 4.30. The van der Waals surface area contributed by atoms with Crippen LogP contribution in [0.2, 0.25) is 0 Å². The number of piperidine rings is 1. The van der Waals surface area contributed by atoms with E-state index < -0.39 is 0 Å². The van der Waals surface area contributed by atoms with Crippen LogP contribution in [0.4, 0.5) is 0 Å². The first kappa shape index (κ1) is 13.9. The molecule has 0 amide bonds. The molecule has 2 aliphatic rings. The van der Waals surface area contributed by atoms with Crippen LogP contribution in [0.25, 0.3) is 0 Å². The Morgan fingerprint density at radius 2 is 1.90 bits per heavy atom. The molecular weight excluding hydrogens is 246 g/mol. The third kappa shape index (κ3) is 2.58. The summed E-state index contributed by atoms with van der Waals surface area (Å²) in [6, 6.07) is 9.06. The topological polar surface area (TPSA) is 23.5 Å². The summed E-state index contributed by atoms with van der Waals surface area (Å²) in [6.07, 6.45) is 9.40. The van der Waals surface area contributed by atoms with Gasteiger partial charge in [0.1, 0.15) is 5.75 Å². The standard InChI is InChI=1S/C18H27NO/c1-2-16(15-10-4-6-12-18(15)20)19-13-7-9-14-8-3-5-11-17(14)19/h4,6,10,12,14,16-17,20H,2-3,5,7-9,11,13H2,1H3/t14-,16?,17-/m1/s1. The van der Waals surface area contributed by atoms with E-state index in [-0.39, 0.29) is 0 Å². The third-order valence-corrected chi connectivity index (χ3v) is 5.37. The van der Waals surface area contributed by atoms with Gasteiger partial charge in [0.2, 0.25) is 0 Å². The predicted molar refractivity (Wildman–Crippen MR) is 82.8 cm³/mol. The summed E-state index contributed by atoms with van der Waals surface area (Å²) >= 11 is 0. The van der Waals surface area contributed by atoms with Crippen LogP contribution in [0, 0.1) is 5.92 Å². The van der Waals surface area contributed by atoms with E-state index in [1.807, 2.05) is 12.1 Å². The average Bonchev–Trinajstić information content (AvgIpc) is 2.50. The zero-order valence-corrected chi connectivity index (χ0v) is 12.6. The summed E-state index contributed by atoms with van der Waals surface area (Å²) in [7, 11) is 0. The van der Waals surface area contributed by atoms with Gasteiger partial charge in [-0.3, -0.25) is 4.90 Å². The molecule has 20 heavy (non-hydrogen) atoms. The van der Waals surface area contributed by atoms with Gasteiger partial charge in [0.05, 0.1) is 0 Å². The lowest BCUT2D eigenvalue weighted by atomic mass is 9.77. The number of nitrogens with zero attached hydrogens (tertiary/aromatic N) is 1. The zero-order valence-electron chi connectivity index (χ0n) is 12.6. The van der Waals surface area contributed by atoms with Gasteiger partial charge in [0.15, 0.2) is 0 Å². The van der Waals surface area contributed by atoms with Gasteiger partial charge in [-0.1, -0.05) is 38.0 Å². The van der Waals surface area contributed by atoms with Gasteiger partial charge in [-0.15, -0.1) is 0 Å². The second kappa shape index (κ2) is 6.17. The van der Waals surface area contributed by atoms with Crippen molar-refractivity contribution in [3.63, 3.8) is 0 Å². The lowest BCUT2D eigenvalue weighted by Crippen LogP contribution is -2.48. The second-order valence-electron chi connectivity index (χ2n) is 6.47. The molecule has 1 saturated carbocycles. The van der Waals surface area contributed by atoms with Crippen LogP contribution in [0.1, 0.15) is 63.5 Å². The van der Waals surface area contributed by atoms with Crippen molar-refractivity contribution in [2.75, 3.05) is 6.54 Å². The molecule has 0 aromatic heterocycles. The summed E-state index contributed by atoms with van der Waals surface area (Å²) < 4.78 is 0. The first-order valence-electron chi connectivity index (χ1n) is 8.35. The molecule has 1 N–H and O–H groups in total. The van der Waals surface area contributed by atoms with E-state index in [0.29, 0.717) is 11.8 Å². The molecular formula is C18H27NO. The molecule has 0 spiro atoms. The van der Waals surface area contributed by atoms with Crippen molar-refractivity contribution in [2.45, 2.75) is 64.0 Å². The Balaban J connectivity index is 1.86. The van der Waals surface area contributed by atoms with Crippen LogP contribution in [0.5, 0.6) is 5.75 Å². The molecule has 1 aliphatic heterocycles. The lowest BCUT2D eigenvalue weighted by molar-refractivity contribution is 0.0227. The molecule has 1 heterocycles. The fourth-order valence-corrected chi connectivity index (χ4v) is 4.45. The number of rotatable bonds is 3. The van der Waals surface area contributed by atoms with Gasteiger partial charge in [-0.05, 0) is 50.6 Å². The number of phenolic OH excluding ortho intramolecular Hbond substituents is 1. The average molecular weight is 273 g/mol. The second-order valence-corrected chi connectivity index (χ2v) is 6.47. The van der Waals surface area contributed by atoms with Crippen molar-refractivity contribution in [1.29, 1.82) is 0 Å². The van der Waals surface area contributed by atoms with Crippen LogP contribution < -0.4 is 0 Å². The zero-order chi connectivity index (χ0) is 13.9. The summed E-state index contributed by atoms with van der Waals surface area (Å²) in [6.45, 7) is 3.46. The highest BCUT2D eigenvalue weighted by Crippen LogP contribution is 2.41. The maximum atomic E-state index is 10.2. The van der Waals surface area contributed by atoms with E-state index >= 15 is 0 Å². The summed E-state index contributed by atoms with van der Waals surface area (Å²) in [5, 5.41) is 10.2. The molecule has 1 unspecified atom stereocenters. The molecule has 2 heteroatoms. The maximum absolute atomic E-state index is 10.2. The smallest absolute Gasteiger partial charge is 0.120 e. The normalized spacial score (nSPS) is 28.9. The van der Waals surface area contributed by atoms with E-state index in [0.717, 1.165) is 23.9 Å². The van der Waals surface area contributed by atoms with Gasteiger partial charge in [-0.2, -0.15) is 0 Å². The number of aromatic hydroxyl groups is 1. The highest BCUT2D eigenvalue weighted by atomic mass is 16.3. The predicted octanol–water partition coefficient (Wildman–Crippen LogP) is 4.50. The van der Waals surface area contributed by atoms with Crippen molar-refractivity contribution >= 4 is 0 Å². The largest absolute Gasteiger partial charge is 0.508 e. The molecule has 1 aromatic carbocycles. The number of phenols is 1. The van der Waals surface area contributed by atoms with E-state index in [9.17, 15) is 5.11 Å². The quantitative estimate of drug-likeness (QED) is 0.876. The number of hydrogen-bond acceptors (Lipinski definition) is 2. The third-order valence-electron chi connectivity index (χ3n) is 5.37. The Hall–Kier alpha value is -1.02. The Morgan fingerprint density at radius 1 is 1.15 bits per heavy atom. The van der Waals surface area contributed by atoms with Crippen LogP contribution in [-0.2, 0) is 0 Å². The number of hydrogen-bond donors (Lipinski definition) is 1. The van der Waals surface area contributed by atoms with Gasteiger partial charge < -0.3 is 5.11 Å². The molecule has 110 valence electrons. The van der Waals surface area contributed by atoms with Crippen molar-refractivity contribution < 1.29 is 5.11 Å². The van der Waals surface area contributed by atoms with Crippen molar-refractivity contribution in [3.8, 4) is 5.75 Å². The van der Waals surface area contributed by atoms with Crippen LogP contribution in [0.3, 0.4) is 0 Å². The number of benzene rings is 1. The van der Waals surface area contributed by atoms with Gasteiger partial charge in [0.25, 0.3) is 0 Å². The molecule has 0 bridgehead atoms. The first-order chi connectivity index (χ1) is 9.81. The SMILES string of the molecule is CCC(c1ccccc1O)N1CCC[C@H]2CCCC[C@H]21. The molecule has 3 atom stereocenters. The van der Waals surface area contributed by atoms with Gasteiger partial charge in [-0.25, -0.2) is 0 Å². The number of fused-ring (bicyclic) bond motifs is 1. The minimum Gasteiger partial charge on any atom is -0.508 e. The van der Waals surface area contributed by atoms with E-state index in [1.165, 1.54) is 45.1 Å². The fourth-order valence-electron chi connectivity index (χ4n) is 4.45. The van der Waals surface area contributed by atoms with Crippen molar-refractivity contribution in [2.24, 2.45) is 5.92 Å². The van der Waals surface area contributed by atoms with Gasteiger partial charge in [0, 0.05) is 17.6 Å². The highest BCUT2D eigenvalue weighted by molar-refractivity contribution is 5.34. The Bertz CT molecular complexity index is 443. The van der Waals surface area contributed by atoms with Crippen LogP contribution >= 0.6 is 0 Å². The highest BCUT2D eigenvalue weighted by Gasteiger charge is 2.37. The summed E-state index contributed by atoms with van der Waals surface area (Å²) in [5.74, 6) is 1.37.